The first-order valence-corrected chi connectivity index (χ1v) is 8.62. The first kappa shape index (κ1) is 19.3. The Morgan fingerprint density at radius 1 is 0.885 bits per heavy atom. The van der Waals surface area contributed by atoms with Gasteiger partial charge in [0.15, 0.2) is 6.61 Å². The third-order valence-electron chi connectivity index (χ3n) is 3.73. The van der Waals surface area contributed by atoms with Gasteiger partial charge in [0.2, 0.25) is 5.91 Å². The van der Waals surface area contributed by atoms with Crippen molar-refractivity contribution in [2.24, 2.45) is 0 Å². The molecule has 0 aliphatic heterocycles. The number of carbonyl (C=O) groups is 2. The molecule has 0 atom stereocenters. The van der Waals surface area contributed by atoms with Crippen LogP contribution < -0.4 is 14.8 Å². The summed E-state index contributed by atoms with van der Waals surface area (Å²) in [5.74, 6) is 1.53. The molecule has 0 saturated carbocycles. The van der Waals surface area contributed by atoms with E-state index in [2.05, 4.69) is 5.32 Å². The van der Waals surface area contributed by atoms with Gasteiger partial charge >= 0.3 is 0 Å². The third-order valence-corrected chi connectivity index (χ3v) is 3.73. The number of amides is 2. The molecular weight excluding hydrogens is 332 g/mol. The van der Waals surface area contributed by atoms with Crippen LogP contribution in [0.25, 0.3) is 0 Å². The molecule has 2 amide bonds. The molecule has 2 aromatic carbocycles. The zero-order valence-corrected chi connectivity index (χ0v) is 15.1. The highest BCUT2D eigenvalue weighted by atomic mass is 16.5. The van der Waals surface area contributed by atoms with E-state index in [9.17, 15) is 9.59 Å². The fourth-order valence-corrected chi connectivity index (χ4v) is 2.29. The molecule has 2 aromatic rings. The summed E-state index contributed by atoms with van der Waals surface area (Å²) in [6.07, 6.45) is 0. The van der Waals surface area contributed by atoms with E-state index in [1.165, 1.54) is 0 Å². The van der Waals surface area contributed by atoms with E-state index < -0.39 is 0 Å². The Hall–Kier alpha value is -3.02. The van der Waals surface area contributed by atoms with Crippen LogP contribution in [0.2, 0.25) is 0 Å². The topological polar surface area (TPSA) is 67.9 Å². The smallest absolute Gasteiger partial charge is 0.258 e. The molecule has 0 saturated heterocycles. The maximum Gasteiger partial charge on any atom is 0.258 e. The van der Waals surface area contributed by atoms with E-state index >= 15 is 0 Å². The summed E-state index contributed by atoms with van der Waals surface area (Å²) in [5.41, 5.74) is 0. The van der Waals surface area contributed by atoms with Gasteiger partial charge in [-0.2, -0.15) is 0 Å². The summed E-state index contributed by atoms with van der Waals surface area (Å²) in [6.45, 7) is 4.88. The Morgan fingerprint density at radius 3 is 2.08 bits per heavy atom. The number of rotatable bonds is 9. The molecule has 2 rings (SSSR count). The van der Waals surface area contributed by atoms with E-state index in [-0.39, 0.29) is 25.0 Å². The zero-order chi connectivity index (χ0) is 18.8. The molecule has 6 nitrogen and oxygen atoms in total. The van der Waals surface area contributed by atoms with Crippen LogP contribution in [0.5, 0.6) is 17.2 Å². The Labute approximate surface area is 153 Å². The van der Waals surface area contributed by atoms with E-state index in [0.29, 0.717) is 24.6 Å². The summed E-state index contributed by atoms with van der Waals surface area (Å²) in [6, 6.07) is 16.5. The Morgan fingerprint density at radius 2 is 1.46 bits per heavy atom. The normalized spacial score (nSPS) is 10.1. The highest BCUT2D eigenvalue weighted by Crippen LogP contribution is 2.23. The molecule has 0 radical (unpaired) electrons. The summed E-state index contributed by atoms with van der Waals surface area (Å²) in [7, 11) is 0. The SMILES string of the molecule is CCN(CC)C(=O)CNC(=O)COc1ccc(Oc2ccccc2)cc1. The Bertz CT molecular complexity index is 698. The molecule has 0 bridgehead atoms. The molecule has 1 N–H and O–H groups in total. The lowest BCUT2D eigenvalue weighted by Crippen LogP contribution is -2.41. The van der Waals surface area contributed by atoms with E-state index in [4.69, 9.17) is 9.47 Å². The van der Waals surface area contributed by atoms with Crippen LogP contribution in [0.4, 0.5) is 0 Å². The van der Waals surface area contributed by atoms with Gasteiger partial charge in [-0.25, -0.2) is 0 Å². The molecule has 0 heterocycles. The highest BCUT2D eigenvalue weighted by Gasteiger charge is 2.11. The summed E-state index contributed by atoms with van der Waals surface area (Å²) in [4.78, 5) is 25.3. The van der Waals surface area contributed by atoms with Gasteiger partial charge in [0.25, 0.3) is 5.91 Å². The fourth-order valence-electron chi connectivity index (χ4n) is 2.29. The first-order chi connectivity index (χ1) is 12.6. The van der Waals surface area contributed by atoms with Gasteiger partial charge in [-0.3, -0.25) is 9.59 Å². The van der Waals surface area contributed by atoms with Gasteiger partial charge in [0.1, 0.15) is 17.2 Å². The molecule has 6 heteroatoms. The average Bonchev–Trinajstić information content (AvgIpc) is 2.67. The zero-order valence-electron chi connectivity index (χ0n) is 15.1. The van der Waals surface area contributed by atoms with Crippen molar-refractivity contribution in [2.45, 2.75) is 13.8 Å². The number of hydrogen-bond donors (Lipinski definition) is 1. The van der Waals surface area contributed by atoms with Crippen LogP contribution in [0, 0.1) is 0 Å². The minimum Gasteiger partial charge on any atom is -0.484 e. The van der Waals surface area contributed by atoms with E-state index in [1.807, 2.05) is 44.2 Å². The largest absolute Gasteiger partial charge is 0.484 e. The minimum atomic E-state index is -0.338. The number of para-hydroxylation sites is 1. The van der Waals surface area contributed by atoms with Crippen molar-refractivity contribution in [1.29, 1.82) is 0 Å². The van der Waals surface area contributed by atoms with Crippen molar-refractivity contribution in [3.63, 3.8) is 0 Å². The van der Waals surface area contributed by atoms with Crippen LogP contribution in [0.1, 0.15) is 13.8 Å². The molecule has 138 valence electrons. The summed E-state index contributed by atoms with van der Waals surface area (Å²) < 4.78 is 11.1. The Kier molecular flexibility index (Phi) is 7.49. The number of nitrogens with zero attached hydrogens (tertiary/aromatic N) is 1. The van der Waals surface area contributed by atoms with Crippen molar-refractivity contribution in [3.8, 4) is 17.2 Å². The second-order valence-electron chi connectivity index (χ2n) is 5.52. The Balaban J connectivity index is 1.75. The summed E-state index contributed by atoms with van der Waals surface area (Å²) in [5, 5.41) is 2.57. The van der Waals surface area contributed by atoms with Crippen LogP contribution in [-0.4, -0.2) is 43.0 Å². The van der Waals surface area contributed by atoms with Gasteiger partial charge < -0.3 is 19.7 Å². The molecule has 0 unspecified atom stereocenters. The van der Waals surface area contributed by atoms with Crippen LogP contribution in [0.3, 0.4) is 0 Å². The predicted molar refractivity (Wildman–Crippen MR) is 99.4 cm³/mol. The average molecular weight is 356 g/mol. The van der Waals surface area contributed by atoms with Crippen molar-refractivity contribution >= 4 is 11.8 Å². The molecule has 0 aliphatic rings. The minimum absolute atomic E-state index is 0.0201. The highest BCUT2D eigenvalue weighted by molar-refractivity contribution is 5.85. The van der Waals surface area contributed by atoms with Gasteiger partial charge in [-0.05, 0) is 50.2 Å². The van der Waals surface area contributed by atoms with Crippen LogP contribution >= 0.6 is 0 Å². The van der Waals surface area contributed by atoms with Gasteiger partial charge in [0.05, 0.1) is 6.54 Å². The van der Waals surface area contributed by atoms with E-state index in [0.717, 1.165) is 5.75 Å². The first-order valence-electron chi connectivity index (χ1n) is 8.62. The number of ether oxygens (including phenoxy) is 2. The standard InChI is InChI=1S/C20H24N2O4/c1-3-22(4-2)20(24)14-21-19(23)15-25-16-10-12-18(13-11-16)26-17-8-6-5-7-9-17/h5-13H,3-4,14-15H2,1-2H3,(H,21,23). The monoisotopic (exact) mass is 356 g/mol. The van der Waals surface area contributed by atoms with Crippen molar-refractivity contribution < 1.29 is 19.1 Å². The van der Waals surface area contributed by atoms with Gasteiger partial charge in [-0.15, -0.1) is 0 Å². The molecule has 0 spiro atoms. The van der Waals surface area contributed by atoms with Gasteiger partial charge in [0, 0.05) is 13.1 Å². The van der Waals surface area contributed by atoms with Crippen molar-refractivity contribution in [2.75, 3.05) is 26.2 Å². The second kappa shape index (κ2) is 10.1. The molecule has 0 aliphatic carbocycles. The van der Waals surface area contributed by atoms with Crippen molar-refractivity contribution in [3.05, 3.63) is 54.6 Å². The number of nitrogens with one attached hydrogen (secondary N) is 1. The second-order valence-corrected chi connectivity index (χ2v) is 5.52. The van der Waals surface area contributed by atoms with Crippen molar-refractivity contribution in [1.82, 2.24) is 10.2 Å². The lowest BCUT2D eigenvalue weighted by Gasteiger charge is -2.18. The number of likely N-dealkylation sites (N-methyl/N-ethyl adjacent to an activating group) is 1. The maximum absolute atomic E-state index is 11.8. The number of hydrogen-bond acceptors (Lipinski definition) is 4. The van der Waals surface area contributed by atoms with E-state index in [1.54, 1.807) is 29.2 Å². The van der Waals surface area contributed by atoms with Gasteiger partial charge in [-0.1, -0.05) is 18.2 Å². The van der Waals surface area contributed by atoms with Crippen LogP contribution in [0.15, 0.2) is 54.6 Å². The molecule has 0 fully saturated rings. The number of carbonyl (C=O) groups excluding carboxylic acids is 2. The molecule has 0 aromatic heterocycles. The lowest BCUT2D eigenvalue weighted by atomic mass is 10.3. The molecular formula is C20H24N2O4. The maximum atomic E-state index is 11.8. The fraction of sp³-hybridized carbons (Fsp3) is 0.300. The predicted octanol–water partition coefficient (Wildman–Crippen LogP) is 2.84. The van der Waals surface area contributed by atoms with Crippen LogP contribution in [-0.2, 0) is 9.59 Å². The molecule has 26 heavy (non-hydrogen) atoms. The third kappa shape index (κ3) is 6.12. The number of benzene rings is 2. The summed E-state index contributed by atoms with van der Waals surface area (Å²) >= 11 is 0. The lowest BCUT2D eigenvalue weighted by molar-refractivity contribution is -0.133. The quantitative estimate of drug-likeness (QED) is 0.750.